The van der Waals surface area contributed by atoms with Gasteiger partial charge in [-0.1, -0.05) is 18.2 Å². The highest BCUT2D eigenvalue weighted by molar-refractivity contribution is 5.92. The number of amides is 2. The Labute approximate surface area is 180 Å². The third kappa shape index (κ3) is 4.69. The number of anilines is 1. The summed E-state index contributed by atoms with van der Waals surface area (Å²) in [6.07, 6.45) is 1.18. The highest BCUT2D eigenvalue weighted by Gasteiger charge is 2.27. The van der Waals surface area contributed by atoms with E-state index in [2.05, 4.69) is 15.6 Å². The fourth-order valence-electron chi connectivity index (χ4n) is 3.79. The summed E-state index contributed by atoms with van der Waals surface area (Å²) in [6.45, 7) is 2.53. The van der Waals surface area contributed by atoms with E-state index in [4.69, 9.17) is 9.47 Å². The summed E-state index contributed by atoms with van der Waals surface area (Å²) >= 11 is 0. The fraction of sp³-hybridized carbons (Fsp3) is 0.348. The Kier molecular flexibility index (Phi) is 6.18. The van der Waals surface area contributed by atoms with Gasteiger partial charge in [0.05, 0.1) is 24.2 Å². The first-order valence-corrected chi connectivity index (χ1v) is 10.4. The molecule has 0 radical (unpaired) electrons. The molecular weight excluding hydrogens is 396 g/mol. The van der Waals surface area contributed by atoms with Crippen molar-refractivity contribution >= 4 is 28.5 Å². The van der Waals surface area contributed by atoms with Gasteiger partial charge in [0.15, 0.2) is 0 Å². The van der Waals surface area contributed by atoms with Crippen LogP contribution in [0.15, 0.2) is 48.5 Å². The zero-order chi connectivity index (χ0) is 21.8. The molecule has 0 spiro atoms. The highest BCUT2D eigenvalue weighted by Crippen LogP contribution is 2.23. The second kappa shape index (κ2) is 9.18. The molecule has 2 heterocycles. The van der Waals surface area contributed by atoms with Crippen LogP contribution in [-0.2, 0) is 20.9 Å². The number of nitrogens with zero attached hydrogens (tertiary/aromatic N) is 2. The number of methoxy groups -OCH3 is 1. The van der Waals surface area contributed by atoms with Gasteiger partial charge in [0.1, 0.15) is 24.2 Å². The van der Waals surface area contributed by atoms with Crippen LogP contribution in [0.25, 0.3) is 11.0 Å². The molecule has 2 aromatic carbocycles. The summed E-state index contributed by atoms with van der Waals surface area (Å²) < 4.78 is 12.5. The van der Waals surface area contributed by atoms with Gasteiger partial charge in [-0.2, -0.15) is 0 Å². The molecule has 2 N–H and O–H groups in total. The summed E-state index contributed by atoms with van der Waals surface area (Å²) in [4.78, 5) is 30.0. The number of hydrogen-bond acceptors (Lipinski definition) is 5. The predicted octanol–water partition coefficient (Wildman–Crippen LogP) is 3.04. The van der Waals surface area contributed by atoms with Gasteiger partial charge in [0.25, 0.3) is 0 Å². The van der Waals surface area contributed by atoms with E-state index in [0.29, 0.717) is 23.9 Å². The van der Waals surface area contributed by atoms with Crippen LogP contribution in [0, 0.1) is 0 Å². The molecule has 162 valence electrons. The van der Waals surface area contributed by atoms with Gasteiger partial charge in [0.2, 0.25) is 11.8 Å². The maximum Gasteiger partial charge on any atom is 0.249 e. The molecule has 2 atom stereocenters. The Bertz CT molecular complexity index is 1090. The van der Waals surface area contributed by atoms with Crippen molar-refractivity contribution in [1.29, 1.82) is 0 Å². The molecule has 1 aliphatic heterocycles. The van der Waals surface area contributed by atoms with Crippen LogP contribution in [0.4, 0.5) is 5.69 Å². The Morgan fingerprint density at radius 3 is 2.87 bits per heavy atom. The van der Waals surface area contributed by atoms with Gasteiger partial charge >= 0.3 is 0 Å². The van der Waals surface area contributed by atoms with Crippen LogP contribution in [-0.4, -0.2) is 41.2 Å². The number of ether oxygens (including phenoxy) is 2. The van der Waals surface area contributed by atoms with Crippen LogP contribution in [0.2, 0.25) is 0 Å². The molecule has 4 rings (SSSR count). The number of benzene rings is 2. The predicted molar refractivity (Wildman–Crippen MR) is 117 cm³/mol. The molecule has 2 unspecified atom stereocenters. The lowest BCUT2D eigenvalue weighted by atomic mass is 10.2. The summed E-state index contributed by atoms with van der Waals surface area (Å²) in [5.74, 6) is 0.935. The SMILES string of the molecule is COc1cccc(NC(=O)Cn2c(C(C)NC(=O)C3CCCO3)nc3ccccc32)c1. The smallest absolute Gasteiger partial charge is 0.249 e. The van der Waals surface area contributed by atoms with Crippen LogP contribution in [0.3, 0.4) is 0 Å². The Balaban J connectivity index is 1.55. The van der Waals surface area contributed by atoms with Crippen molar-refractivity contribution in [2.75, 3.05) is 19.0 Å². The first-order valence-electron chi connectivity index (χ1n) is 10.4. The van der Waals surface area contributed by atoms with E-state index in [-0.39, 0.29) is 24.4 Å². The second-order valence-electron chi connectivity index (χ2n) is 7.56. The molecule has 0 aliphatic carbocycles. The largest absolute Gasteiger partial charge is 0.497 e. The molecule has 3 aromatic rings. The normalized spacial score (nSPS) is 16.8. The maximum absolute atomic E-state index is 12.8. The average Bonchev–Trinajstić information content (AvgIpc) is 3.43. The number of imidazole rings is 1. The third-order valence-electron chi connectivity index (χ3n) is 5.31. The van der Waals surface area contributed by atoms with Crippen LogP contribution in [0.1, 0.15) is 31.6 Å². The number of carbonyl (C=O) groups excluding carboxylic acids is 2. The molecule has 8 nitrogen and oxygen atoms in total. The molecule has 1 fully saturated rings. The number of fused-ring (bicyclic) bond motifs is 1. The van der Waals surface area contributed by atoms with E-state index in [0.717, 1.165) is 23.9 Å². The van der Waals surface area contributed by atoms with Gasteiger partial charge in [-0.25, -0.2) is 4.98 Å². The molecule has 2 amide bonds. The molecule has 1 saturated heterocycles. The molecule has 8 heteroatoms. The summed E-state index contributed by atoms with van der Waals surface area (Å²) in [5, 5.41) is 5.88. The van der Waals surface area contributed by atoms with Crippen LogP contribution in [0.5, 0.6) is 5.75 Å². The topological polar surface area (TPSA) is 94.5 Å². The Morgan fingerprint density at radius 2 is 2.10 bits per heavy atom. The van der Waals surface area contributed by atoms with E-state index in [9.17, 15) is 9.59 Å². The number of rotatable bonds is 7. The molecule has 31 heavy (non-hydrogen) atoms. The highest BCUT2D eigenvalue weighted by atomic mass is 16.5. The number of aromatic nitrogens is 2. The number of nitrogens with one attached hydrogen (secondary N) is 2. The molecule has 1 aliphatic rings. The zero-order valence-electron chi connectivity index (χ0n) is 17.6. The van der Waals surface area contributed by atoms with Crippen molar-refractivity contribution in [3.8, 4) is 5.75 Å². The first-order chi connectivity index (χ1) is 15.0. The quantitative estimate of drug-likeness (QED) is 0.610. The standard InChI is InChI=1S/C23H26N4O4/c1-15(24-23(29)20-11-6-12-31-20)22-26-18-9-3-4-10-19(18)27(22)14-21(28)25-16-7-5-8-17(13-16)30-2/h3-5,7-10,13,15,20H,6,11-12,14H2,1-2H3,(H,24,29)(H,25,28). The van der Waals surface area contributed by atoms with Gasteiger partial charge in [-0.05, 0) is 44.0 Å². The average molecular weight is 422 g/mol. The Morgan fingerprint density at radius 1 is 1.26 bits per heavy atom. The second-order valence-corrected chi connectivity index (χ2v) is 7.56. The lowest BCUT2D eigenvalue weighted by Gasteiger charge is -2.18. The lowest BCUT2D eigenvalue weighted by Crippen LogP contribution is -2.37. The van der Waals surface area contributed by atoms with E-state index in [1.54, 1.807) is 19.2 Å². The van der Waals surface area contributed by atoms with Gasteiger partial charge in [-0.15, -0.1) is 0 Å². The minimum absolute atomic E-state index is 0.0627. The Hall–Kier alpha value is -3.39. The van der Waals surface area contributed by atoms with E-state index >= 15 is 0 Å². The number of hydrogen-bond donors (Lipinski definition) is 2. The van der Waals surface area contributed by atoms with Gasteiger partial charge < -0.3 is 24.7 Å². The molecule has 1 aromatic heterocycles. The summed E-state index contributed by atoms with van der Waals surface area (Å²) in [7, 11) is 1.58. The van der Waals surface area contributed by atoms with Crippen molar-refractivity contribution in [3.63, 3.8) is 0 Å². The van der Waals surface area contributed by atoms with Crippen LogP contribution >= 0.6 is 0 Å². The zero-order valence-corrected chi connectivity index (χ0v) is 17.6. The van der Waals surface area contributed by atoms with E-state index < -0.39 is 6.10 Å². The van der Waals surface area contributed by atoms with Crippen molar-refractivity contribution in [1.82, 2.24) is 14.9 Å². The monoisotopic (exact) mass is 422 g/mol. The third-order valence-corrected chi connectivity index (χ3v) is 5.31. The summed E-state index contributed by atoms with van der Waals surface area (Å²) in [5.41, 5.74) is 2.25. The number of carbonyl (C=O) groups is 2. The fourth-order valence-corrected chi connectivity index (χ4v) is 3.79. The number of para-hydroxylation sites is 2. The van der Waals surface area contributed by atoms with Crippen molar-refractivity contribution in [3.05, 3.63) is 54.4 Å². The summed E-state index contributed by atoms with van der Waals surface area (Å²) in [6, 6.07) is 14.4. The maximum atomic E-state index is 12.8. The lowest BCUT2D eigenvalue weighted by molar-refractivity contribution is -0.130. The minimum Gasteiger partial charge on any atom is -0.497 e. The van der Waals surface area contributed by atoms with Crippen molar-refractivity contribution < 1.29 is 19.1 Å². The minimum atomic E-state index is -0.420. The molecular formula is C23H26N4O4. The van der Waals surface area contributed by atoms with Crippen LogP contribution < -0.4 is 15.4 Å². The van der Waals surface area contributed by atoms with Crippen molar-refractivity contribution in [2.24, 2.45) is 0 Å². The van der Waals surface area contributed by atoms with E-state index in [1.165, 1.54) is 0 Å². The van der Waals surface area contributed by atoms with Gasteiger partial charge in [-0.3, -0.25) is 9.59 Å². The molecule has 0 saturated carbocycles. The van der Waals surface area contributed by atoms with Crippen molar-refractivity contribution in [2.45, 2.75) is 38.5 Å². The van der Waals surface area contributed by atoms with E-state index in [1.807, 2.05) is 47.9 Å². The van der Waals surface area contributed by atoms with Gasteiger partial charge in [0, 0.05) is 18.4 Å². The molecule has 0 bridgehead atoms. The first kappa shape index (κ1) is 20.9.